The molecule has 11 heteroatoms. The molecule has 0 aliphatic rings. The molecule has 0 saturated carbocycles. The number of sulfone groups is 1. The van der Waals surface area contributed by atoms with E-state index in [1.54, 1.807) is 47.0 Å². The average Bonchev–Trinajstić information content (AvgIpc) is 3.36. The van der Waals surface area contributed by atoms with Gasteiger partial charge in [0.2, 0.25) is 15.7 Å². The molecule has 1 atom stereocenters. The van der Waals surface area contributed by atoms with Crippen molar-refractivity contribution in [2.24, 2.45) is 0 Å². The number of carbonyl (C=O) groups is 1. The molecule has 1 unspecified atom stereocenters. The summed E-state index contributed by atoms with van der Waals surface area (Å²) in [6.07, 6.45) is 2.62. The molecule has 0 fully saturated rings. The van der Waals surface area contributed by atoms with Gasteiger partial charge in [0.15, 0.2) is 5.65 Å². The Kier molecular flexibility index (Phi) is 7.46. The second kappa shape index (κ2) is 11.5. The maximum absolute atomic E-state index is 14.3. The molecule has 6 aromatic rings. The first kappa shape index (κ1) is 28.4. The number of para-hydroxylation sites is 2. The topological polar surface area (TPSA) is 137 Å². The molecule has 6 rings (SSSR count). The molecule has 2 aromatic heterocycles. The second-order valence-corrected chi connectivity index (χ2v) is 11.9. The maximum atomic E-state index is 14.3. The highest BCUT2D eigenvalue weighted by Crippen LogP contribution is 2.40. The zero-order chi connectivity index (χ0) is 30.8. The quantitative estimate of drug-likeness (QED) is 0.118. The number of anilines is 1. The lowest BCUT2D eigenvalue weighted by Gasteiger charge is -2.19. The maximum Gasteiger partial charge on any atom is 0.270 e. The number of nitro benzene ring substituents is 1. The first-order chi connectivity index (χ1) is 21.2. The third-order valence-corrected chi connectivity index (χ3v) is 9.01. The van der Waals surface area contributed by atoms with Crippen LogP contribution in [0.15, 0.2) is 125 Å². The van der Waals surface area contributed by atoms with Gasteiger partial charge >= 0.3 is 0 Å². The van der Waals surface area contributed by atoms with Crippen molar-refractivity contribution < 1.29 is 18.1 Å². The third kappa shape index (κ3) is 5.32. The summed E-state index contributed by atoms with van der Waals surface area (Å²) in [5, 5.41) is 14.0. The van der Waals surface area contributed by atoms with E-state index in [1.807, 2.05) is 43.3 Å². The Morgan fingerprint density at radius 1 is 0.886 bits per heavy atom. The largest absolute Gasteiger partial charge is 0.307 e. The Morgan fingerprint density at radius 3 is 2.20 bits per heavy atom. The minimum Gasteiger partial charge on any atom is -0.307 e. The van der Waals surface area contributed by atoms with Gasteiger partial charge in [0, 0.05) is 18.2 Å². The van der Waals surface area contributed by atoms with Gasteiger partial charge in [0.1, 0.15) is 16.2 Å². The summed E-state index contributed by atoms with van der Waals surface area (Å²) in [5.41, 5.74) is 2.62. The Balaban J connectivity index is 1.59. The third-order valence-electron chi connectivity index (χ3n) is 7.19. The van der Waals surface area contributed by atoms with Gasteiger partial charge in [0.25, 0.3) is 5.69 Å². The van der Waals surface area contributed by atoms with Gasteiger partial charge in [-0.2, -0.15) is 0 Å². The Morgan fingerprint density at radius 2 is 1.52 bits per heavy atom. The summed E-state index contributed by atoms with van der Waals surface area (Å²) in [7, 11) is -4.22. The summed E-state index contributed by atoms with van der Waals surface area (Å²) in [6, 6.07) is 29.9. The van der Waals surface area contributed by atoms with Crippen molar-refractivity contribution >= 4 is 55.5 Å². The number of nitrogens with zero attached hydrogens (tertiary/aromatic N) is 4. The van der Waals surface area contributed by atoms with Crippen LogP contribution in [-0.4, -0.2) is 33.8 Å². The van der Waals surface area contributed by atoms with E-state index in [1.165, 1.54) is 42.5 Å². The first-order valence-electron chi connectivity index (χ1n) is 13.6. The van der Waals surface area contributed by atoms with Crippen LogP contribution in [0.2, 0.25) is 0 Å². The van der Waals surface area contributed by atoms with E-state index >= 15 is 0 Å². The normalized spacial score (nSPS) is 12.5. The fourth-order valence-corrected chi connectivity index (χ4v) is 6.60. The highest BCUT2D eigenvalue weighted by molar-refractivity contribution is 7.92. The van der Waals surface area contributed by atoms with E-state index in [9.17, 15) is 23.3 Å². The van der Waals surface area contributed by atoms with Gasteiger partial charge in [-0.05, 0) is 48.4 Å². The van der Waals surface area contributed by atoms with Crippen LogP contribution in [0.3, 0.4) is 0 Å². The lowest BCUT2D eigenvalue weighted by molar-refractivity contribution is -0.384. The SMILES string of the molecule is CC(c1ccccc1)n1c(NC(=O)C=Cc2cccc([N+](=O)[O-])c2)c(S(=O)(=O)c2ccccc2)c2nc3ccccc3nc21. The molecule has 0 spiro atoms. The van der Waals surface area contributed by atoms with Crippen LogP contribution in [0.4, 0.5) is 11.5 Å². The molecule has 0 saturated heterocycles. The number of fused-ring (bicyclic) bond motifs is 2. The molecule has 0 aliphatic heterocycles. The summed E-state index contributed by atoms with van der Waals surface area (Å²) in [6.45, 7) is 1.89. The average molecular weight is 604 g/mol. The molecular formula is C33H25N5O5S. The summed E-state index contributed by atoms with van der Waals surface area (Å²) in [5.74, 6) is -0.640. The van der Waals surface area contributed by atoms with Gasteiger partial charge in [-0.15, -0.1) is 0 Å². The minimum atomic E-state index is -4.22. The highest BCUT2D eigenvalue weighted by Gasteiger charge is 2.33. The van der Waals surface area contributed by atoms with Gasteiger partial charge in [-0.1, -0.05) is 72.8 Å². The van der Waals surface area contributed by atoms with Crippen LogP contribution < -0.4 is 5.32 Å². The van der Waals surface area contributed by atoms with Crippen molar-refractivity contribution in [3.8, 4) is 0 Å². The fourth-order valence-electron chi connectivity index (χ4n) is 5.06. The number of nitrogens with one attached hydrogen (secondary N) is 1. The predicted octanol–water partition coefficient (Wildman–Crippen LogP) is 6.59. The van der Waals surface area contributed by atoms with Crippen LogP contribution in [0, 0.1) is 10.1 Å². The van der Waals surface area contributed by atoms with E-state index in [-0.39, 0.29) is 32.5 Å². The minimum absolute atomic E-state index is 0.00389. The smallest absolute Gasteiger partial charge is 0.270 e. The second-order valence-electron chi connectivity index (χ2n) is 10.0. The Bertz CT molecular complexity index is 2180. The molecule has 0 aliphatic carbocycles. The van der Waals surface area contributed by atoms with Crippen molar-refractivity contribution in [3.63, 3.8) is 0 Å². The van der Waals surface area contributed by atoms with Crippen molar-refractivity contribution in [1.82, 2.24) is 14.5 Å². The number of amides is 1. The molecule has 0 bridgehead atoms. The number of benzene rings is 4. The van der Waals surface area contributed by atoms with Gasteiger partial charge in [0.05, 0.1) is 26.9 Å². The molecule has 218 valence electrons. The van der Waals surface area contributed by atoms with Crippen LogP contribution in [0.1, 0.15) is 24.1 Å². The molecule has 10 nitrogen and oxygen atoms in total. The van der Waals surface area contributed by atoms with Crippen LogP contribution in [0.25, 0.3) is 28.3 Å². The van der Waals surface area contributed by atoms with Crippen molar-refractivity contribution in [2.75, 3.05) is 5.32 Å². The summed E-state index contributed by atoms with van der Waals surface area (Å²) in [4.78, 5) is 33.6. The molecule has 4 aromatic carbocycles. The van der Waals surface area contributed by atoms with E-state index in [0.717, 1.165) is 5.56 Å². The van der Waals surface area contributed by atoms with Crippen LogP contribution in [-0.2, 0) is 14.6 Å². The number of rotatable bonds is 8. The van der Waals surface area contributed by atoms with Crippen molar-refractivity contribution in [2.45, 2.75) is 22.8 Å². The zero-order valence-corrected chi connectivity index (χ0v) is 24.2. The Hall–Kier alpha value is -5.68. The van der Waals surface area contributed by atoms with Gasteiger partial charge < -0.3 is 9.88 Å². The van der Waals surface area contributed by atoms with Crippen LogP contribution in [0.5, 0.6) is 0 Å². The van der Waals surface area contributed by atoms with Gasteiger partial charge in [-0.25, -0.2) is 18.4 Å². The van der Waals surface area contributed by atoms with E-state index in [2.05, 4.69) is 5.32 Å². The van der Waals surface area contributed by atoms with Crippen LogP contribution >= 0.6 is 0 Å². The van der Waals surface area contributed by atoms with E-state index in [4.69, 9.17) is 9.97 Å². The molecule has 2 heterocycles. The van der Waals surface area contributed by atoms with Crippen molar-refractivity contribution in [1.29, 1.82) is 0 Å². The molecule has 44 heavy (non-hydrogen) atoms. The van der Waals surface area contributed by atoms with Crippen molar-refractivity contribution in [3.05, 3.63) is 137 Å². The molecule has 1 N–H and O–H groups in total. The Labute approximate surface area is 252 Å². The predicted molar refractivity (Wildman–Crippen MR) is 168 cm³/mol. The molecule has 1 amide bonds. The summed E-state index contributed by atoms with van der Waals surface area (Å²) >= 11 is 0. The number of aromatic nitrogens is 3. The number of carbonyl (C=O) groups excluding carboxylic acids is 1. The summed E-state index contributed by atoms with van der Waals surface area (Å²) < 4.78 is 30.3. The van der Waals surface area contributed by atoms with E-state index < -0.39 is 26.7 Å². The highest BCUT2D eigenvalue weighted by atomic mass is 32.2. The standard InChI is InChI=1S/C33H25N5O5S/c1-22(24-12-4-2-5-13-24)37-32-30(34-27-17-8-9-18-28(27)35-32)31(44(42,43)26-15-6-3-7-16-26)33(37)36-29(39)20-19-23-11-10-14-25(21-23)38(40)41/h2-22H,1H3,(H,36,39). The molecule has 0 radical (unpaired) electrons. The zero-order valence-electron chi connectivity index (χ0n) is 23.4. The lowest BCUT2D eigenvalue weighted by Crippen LogP contribution is -2.18. The fraction of sp³-hybridized carbons (Fsp3) is 0.0606. The van der Waals surface area contributed by atoms with Gasteiger partial charge in [-0.3, -0.25) is 14.9 Å². The first-order valence-corrected chi connectivity index (χ1v) is 15.1. The lowest BCUT2D eigenvalue weighted by atomic mass is 10.1. The van der Waals surface area contributed by atoms with E-state index in [0.29, 0.717) is 16.6 Å². The number of hydrogen-bond acceptors (Lipinski definition) is 7. The monoisotopic (exact) mass is 603 g/mol. The number of non-ortho nitro benzene ring substituents is 1. The number of nitro groups is 1. The number of hydrogen-bond donors (Lipinski definition) is 1. The molecular weight excluding hydrogens is 578 g/mol.